The van der Waals surface area contributed by atoms with E-state index in [0.29, 0.717) is 5.39 Å². The van der Waals surface area contributed by atoms with Gasteiger partial charge in [0.05, 0.1) is 5.56 Å². The number of fused-ring (bicyclic) bond motifs is 1. The van der Waals surface area contributed by atoms with Crippen LogP contribution >= 0.6 is 0 Å². The van der Waals surface area contributed by atoms with Gasteiger partial charge in [0.25, 0.3) is 0 Å². The number of nitrogens with one attached hydrogen (secondary N) is 1. The molecule has 0 aliphatic rings. The topological polar surface area (TPSA) is 15.8 Å². The van der Waals surface area contributed by atoms with Crippen LogP contribution in [-0.2, 0) is 6.18 Å². The lowest BCUT2D eigenvalue weighted by atomic mass is 10.1. The molecule has 17 heavy (non-hydrogen) atoms. The standard InChI is InChI=1S/C10H8F3N.C3H8/c1-6-4-7-5-8(10(11,12)13)2-3-9(7)14-6;1-3-2/h2-5,14H,1H3;3H2,1-2H3. The average molecular weight is 243 g/mol. The van der Waals surface area contributed by atoms with Gasteiger partial charge >= 0.3 is 6.18 Å². The largest absolute Gasteiger partial charge is 0.416 e. The van der Waals surface area contributed by atoms with Gasteiger partial charge in [-0.15, -0.1) is 0 Å². The van der Waals surface area contributed by atoms with Crippen molar-refractivity contribution < 1.29 is 13.2 Å². The minimum Gasteiger partial charge on any atom is -0.359 e. The lowest BCUT2D eigenvalue weighted by molar-refractivity contribution is -0.137. The molecule has 0 bridgehead atoms. The molecule has 0 radical (unpaired) electrons. The predicted octanol–water partition coefficient (Wildman–Crippen LogP) is 4.91. The van der Waals surface area contributed by atoms with E-state index in [1.807, 2.05) is 6.92 Å². The first-order valence-electron chi connectivity index (χ1n) is 5.55. The summed E-state index contributed by atoms with van der Waals surface area (Å²) in [6.45, 7) is 6.06. The van der Waals surface area contributed by atoms with Crippen molar-refractivity contribution in [3.05, 3.63) is 35.5 Å². The van der Waals surface area contributed by atoms with Crippen molar-refractivity contribution in [2.24, 2.45) is 0 Å². The smallest absolute Gasteiger partial charge is 0.359 e. The van der Waals surface area contributed by atoms with Crippen LogP contribution in [0, 0.1) is 6.92 Å². The van der Waals surface area contributed by atoms with Crippen molar-refractivity contribution in [1.29, 1.82) is 0 Å². The van der Waals surface area contributed by atoms with Crippen molar-refractivity contribution in [1.82, 2.24) is 4.98 Å². The third-order valence-corrected chi connectivity index (χ3v) is 2.08. The van der Waals surface area contributed by atoms with Gasteiger partial charge in [-0.05, 0) is 31.2 Å². The molecule has 0 fully saturated rings. The Balaban J connectivity index is 0.000000437. The molecular weight excluding hydrogens is 227 g/mol. The number of halogens is 3. The highest BCUT2D eigenvalue weighted by molar-refractivity contribution is 5.81. The first kappa shape index (κ1) is 13.6. The second-order valence-corrected chi connectivity index (χ2v) is 3.96. The summed E-state index contributed by atoms with van der Waals surface area (Å²) < 4.78 is 36.9. The Morgan fingerprint density at radius 3 is 2.24 bits per heavy atom. The second-order valence-electron chi connectivity index (χ2n) is 3.96. The van der Waals surface area contributed by atoms with E-state index in [-0.39, 0.29) is 0 Å². The van der Waals surface area contributed by atoms with Crippen LogP contribution in [0.1, 0.15) is 31.5 Å². The number of aryl methyl sites for hydroxylation is 1. The van der Waals surface area contributed by atoms with E-state index < -0.39 is 11.7 Å². The Bertz CT molecular complexity index is 483. The van der Waals surface area contributed by atoms with Gasteiger partial charge in [-0.3, -0.25) is 0 Å². The highest BCUT2D eigenvalue weighted by atomic mass is 19.4. The Hall–Kier alpha value is -1.45. The molecule has 0 aliphatic carbocycles. The summed E-state index contributed by atoms with van der Waals surface area (Å²) in [5.74, 6) is 0. The van der Waals surface area contributed by atoms with Gasteiger partial charge in [-0.25, -0.2) is 0 Å². The molecule has 0 saturated heterocycles. The summed E-state index contributed by atoms with van der Waals surface area (Å²) in [5.41, 5.74) is 0.985. The molecule has 1 N–H and O–H groups in total. The molecule has 2 rings (SSSR count). The van der Waals surface area contributed by atoms with Crippen LogP contribution in [0.4, 0.5) is 13.2 Å². The molecule has 0 amide bonds. The molecule has 1 nitrogen and oxygen atoms in total. The Labute approximate surface area is 98.6 Å². The fraction of sp³-hybridized carbons (Fsp3) is 0.385. The summed E-state index contributed by atoms with van der Waals surface area (Å²) in [4.78, 5) is 2.97. The van der Waals surface area contributed by atoms with Gasteiger partial charge in [0, 0.05) is 16.6 Å². The molecule has 4 heteroatoms. The van der Waals surface area contributed by atoms with Gasteiger partial charge < -0.3 is 4.98 Å². The Morgan fingerprint density at radius 1 is 1.12 bits per heavy atom. The number of hydrogen-bond acceptors (Lipinski definition) is 0. The summed E-state index contributed by atoms with van der Waals surface area (Å²) >= 11 is 0. The van der Waals surface area contributed by atoms with Crippen LogP contribution in [0.2, 0.25) is 0 Å². The number of rotatable bonds is 0. The van der Waals surface area contributed by atoms with E-state index in [2.05, 4.69) is 18.8 Å². The molecule has 0 saturated carbocycles. The summed E-state index contributed by atoms with van der Waals surface area (Å²) in [5, 5.41) is 0.595. The first-order valence-corrected chi connectivity index (χ1v) is 5.55. The van der Waals surface area contributed by atoms with Gasteiger partial charge in [0.15, 0.2) is 0 Å². The maximum absolute atomic E-state index is 12.3. The quantitative estimate of drug-likeness (QED) is 0.676. The SMILES string of the molecule is CCC.Cc1cc2cc(C(F)(F)F)ccc2[nH]1. The summed E-state index contributed by atoms with van der Waals surface area (Å²) in [6, 6.07) is 5.38. The van der Waals surface area contributed by atoms with Crippen LogP contribution in [-0.4, -0.2) is 4.98 Å². The summed E-state index contributed by atoms with van der Waals surface area (Å²) in [7, 11) is 0. The normalized spacial score (nSPS) is 11.2. The fourth-order valence-electron chi connectivity index (χ4n) is 1.45. The van der Waals surface area contributed by atoms with E-state index in [1.165, 1.54) is 12.5 Å². The minimum absolute atomic E-state index is 0.595. The summed E-state index contributed by atoms with van der Waals surface area (Å²) in [6.07, 6.45) is -3.01. The van der Waals surface area contributed by atoms with E-state index in [0.717, 1.165) is 23.3 Å². The zero-order valence-corrected chi connectivity index (χ0v) is 10.2. The van der Waals surface area contributed by atoms with Crippen LogP contribution < -0.4 is 0 Å². The molecule has 94 valence electrons. The number of hydrogen-bond donors (Lipinski definition) is 1. The Kier molecular flexibility index (Phi) is 4.21. The van der Waals surface area contributed by atoms with Crippen molar-refractivity contribution >= 4 is 10.9 Å². The van der Waals surface area contributed by atoms with Crippen molar-refractivity contribution in [2.75, 3.05) is 0 Å². The minimum atomic E-state index is -4.26. The zero-order chi connectivity index (χ0) is 13.1. The molecular formula is C13H16F3N. The van der Waals surface area contributed by atoms with Crippen molar-refractivity contribution in [3.63, 3.8) is 0 Å². The molecule has 0 atom stereocenters. The lowest BCUT2D eigenvalue weighted by Gasteiger charge is -2.05. The maximum atomic E-state index is 12.3. The third kappa shape index (κ3) is 3.51. The zero-order valence-electron chi connectivity index (χ0n) is 10.2. The monoisotopic (exact) mass is 243 g/mol. The number of H-pyrrole nitrogens is 1. The maximum Gasteiger partial charge on any atom is 0.416 e. The van der Waals surface area contributed by atoms with Crippen molar-refractivity contribution in [2.45, 2.75) is 33.4 Å². The molecule has 1 heterocycles. The van der Waals surface area contributed by atoms with E-state index in [9.17, 15) is 13.2 Å². The molecule has 0 unspecified atom stereocenters. The first-order chi connectivity index (χ1) is 7.88. The highest BCUT2D eigenvalue weighted by Crippen LogP contribution is 2.31. The third-order valence-electron chi connectivity index (χ3n) is 2.08. The number of aromatic nitrogens is 1. The molecule has 1 aromatic carbocycles. The molecule has 0 spiro atoms. The number of alkyl halides is 3. The Morgan fingerprint density at radius 2 is 1.71 bits per heavy atom. The van der Waals surface area contributed by atoms with Crippen LogP contribution in [0.3, 0.4) is 0 Å². The van der Waals surface area contributed by atoms with E-state index >= 15 is 0 Å². The van der Waals surface area contributed by atoms with Gasteiger partial charge in [0.1, 0.15) is 0 Å². The lowest BCUT2D eigenvalue weighted by Crippen LogP contribution is -2.03. The highest BCUT2D eigenvalue weighted by Gasteiger charge is 2.30. The number of aromatic amines is 1. The molecule has 2 aromatic rings. The van der Waals surface area contributed by atoms with E-state index in [4.69, 9.17) is 0 Å². The molecule has 1 aromatic heterocycles. The van der Waals surface area contributed by atoms with E-state index in [1.54, 1.807) is 6.07 Å². The van der Waals surface area contributed by atoms with Gasteiger partial charge in [0.2, 0.25) is 0 Å². The van der Waals surface area contributed by atoms with Crippen LogP contribution in [0.25, 0.3) is 10.9 Å². The average Bonchev–Trinajstić information content (AvgIpc) is 2.56. The number of benzene rings is 1. The van der Waals surface area contributed by atoms with Crippen LogP contribution in [0.15, 0.2) is 24.3 Å². The predicted molar refractivity (Wildman–Crippen MR) is 64.0 cm³/mol. The van der Waals surface area contributed by atoms with Crippen molar-refractivity contribution in [3.8, 4) is 0 Å². The van der Waals surface area contributed by atoms with Crippen LogP contribution in [0.5, 0.6) is 0 Å². The van der Waals surface area contributed by atoms with Gasteiger partial charge in [-0.2, -0.15) is 13.2 Å². The fourth-order valence-corrected chi connectivity index (χ4v) is 1.45. The van der Waals surface area contributed by atoms with Gasteiger partial charge in [-0.1, -0.05) is 20.3 Å². The molecule has 0 aliphatic heterocycles. The second kappa shape index (κ2) is 5.25.